The molecule has 1 unspecified atom stereocenters. The maximum absolute atomic E-state index is 13.1. The van der Waals surface area contributed by atoms with Gasteiger partial charge >= 0.3 is 5.97 Å². The van der Waals surface area contributed by atoms with E-state index in [-0.39, 0.29) is 0 Å². The van der Waals surface area contributed by atoms with E-state index in [2.05, 4.69) is 5.32 Å². The third-order valence-electron chi connectivity index (χ3n) is 4.15. The van der Waals surface area contributed by atoms with Gasteiger partial charge in [-0.2, -0.15) is 0 Å². The van der Waals surface area contributed by atoms with Gasteiger partial charge in [-0.25, -0.2) is 9.18 Å². The van der Waals surface area contributed by atoms with Crippen molar-refractivity contribution in [2.24, 2.45) is 0 Å². The summed E-state index contributed by atoms with van der Waals surface area (Å²) in [6.45, 7) is 0.355. The van der Waals surface area contributed by atoms with Crippen molar-refractivity contribution in [2.45, 2.75) is 12.7 Å². The molecule has 5 nitrogen and oxygen atoms in total. The van der Waals surface area contributed by atoms with Crippen LogP contribution in [0.5, 0.6) is 0 Å². The first-order valence-corrected chi connectivity index (χ1v) is 8.97. The molecule has 0 aromatic heterocycles. The molecule has 0 bridgehead atoms. The number of hydrogen-bond donors (Lipinski definition) is 1. The van der Waals surface area contributed by atoms with Gasteiger partial charge in [-0.3, -0.25) is 4.79 Å². The van der Waals surface area contributed by atoms with E-state index in [1.54, 1.807) is 55.6 Å². The number of esters is 1. The quantitative estimate of drug-likeness (QED) is 0.600. The van der Waals surface area contributed by atoms with Crippen molar-refractivity contribution in [3.63, 3.8) is 0 Å². The molecule has 0 radical (unpaired) electrons. The van der Waals surface area contributed by atoms with Crippen LogP contribution in [0.2, 0.25) is 0 Å². The van der Waals surface area contributed by atoms with Gasteiger partial charge in [0.05, 0.1) is 12.2 Å². The summed E-state index contributed by atoms with van der Waals surface area (Å²) in [4.78, 5) is 25.5. The fourth-order valence-electron chi connectivity index (χ4n) is 2.77. The molecule has 3 aromatic rings. The van der Waals surface area contributed by atoms with E-state index in [0.29, 0.717) is 23.4 Å². The average molecular weight is 393 g/mol. The minimum absolute atomic E-state index is 0.315. The van der Waals surface area contributed by atoms with Crippen molar-refractivity contribution in [3.8, 4) is 0 Å². The van der Waals surface area contributed by atoms with Crippen LogP contribution in [0.4, 0.5) is 10.1 Å². The second kappa shape index (κ2) is 9.61. The summed E-state index contributed by atoms with van der Waals surface area (Å²) in [7, 11) is 1.57. The molecule has 0 spiro atoms. The number of nitrogens with one attached hydrogen (secondary N) is 1. The molecule has 148 valence electrons. The molecule has 0 aliphatic heterocycles. The first-order chi connectivity index (χ1) is 14.1. The number of halogens is 1. The molecule has 3 rings (SSSR count). The topological polar surface area (TPSA) is 64.6 Å². The summed E-state index contributed by atoms with van der Waals surface area (Å²) >= 11 is 0. The van der Waals surface area contributed by atoms with E-state index in [1.807, 2.05) is 6.07 Å². The smallest absolute Gasteiger partial charge is 0.339 e. The zero-order valence-electron chi connectivity index (χ0n) is 15.8. The van der Waals surface area contributed by atoms with Gasteiger partial charge in [-0.15, -0.1) is 0 Å². The lowest BCUT2D eigenvalue weighted by atomic mass is 10.1. The number of amides is 1. The van der Waals surface area contributed by atoms with Crippen LogP contribution >= 0.6 is 0 Å². The van der Waals surface area contributed by atoms with Crippen LogP contribution in [0.25, 0.3) is 0 Å². The maximum Gasteiger partial charge on any atom is 0.339 e. The van der Waals surface area contributed by atoms with Gasteiger partial charge in [-0.1, -0.05) is 42.5 Å². The molecule has 0 saturated heterocycles. The average Bonchev–Trinajstić information content (AvgIpc) is 2.74. The van der Waals surface area contributed by atoms with E-state index in [9.17, 15) is 14.0 Å². The Balaban J connectivity index is 1.82. The van der Waals surface area contributed by atoms with Gasteiger partial charge in [0.25, 0.3) is 5.91 Å². The van der Waals surface area contributed by atoms with Gasteiger partial charge in [0.2, 0.25) is 6.10 Å². The Morgan fingerprint density at radius 1 is 0.966 bits per heavy atom. The molecule has 1 amide bonds. The minimum atomic E-state index is -1.17. The van der Waals surface area contributed by atoms with E-state index in [4.69, 9.17) is 9.47 Å². The van der Waals surface area contributed by atoms with E-state index < -0.39 is 23.8 Å². The predicted octanol–water partition coefficient (Wildman–Crippen LogP) is 4.51. The molecule has 1 atom stereocenters. The van der Waals surface area contributed by atoms with Crippen molar-refractivity contribution in [1.82, 2.24) is 0 Å². The van der Waals surface area contributed by atoms with E-state index in [1.165, 1.54) is 24.3 Å². The van der Waals surface area contributed by atoms with E-state index >= 15 is 0 Å². The molecule has 6 heteroatoms. The molecule has 1 N–H and O–H groups in total. The fraction of sp³-hybridized carbons (Fsp3) is 0.130. The molecule has 0 heterocycles. The summed E-state index contributed by atoms with van der Waals surface area (Å²) in [6.07, 6.45) is -1.17. The first kappa shape index (κ1) is 20.2. The lowest BCUT2D eigenvalue weighted by molar-refractivity contribution is -0.125. The summed E-state index contributed by atoms with van der Waals surface area (Å²) in [5.41, 5.74) is 2.05. The second-order valence-electron chi connectivity index (χ2n) is 6.33. The van der Waals surface area contributed by atoms with Crippen LogP contribution in [0.15, 0.2) is 78.9 Å². The zero-order valence-corrected chi connectivity index (χ0v) is 15.8. The number of rotatable bonds is 7. The summed E-state index contributed by atoms with van der Waals surface area (Å²) in [5.74, 6) is -1.58. The van der Waals surface area contributed by atoms with Crippen molar-refractivity contribution in [1.29, 1.82) is 0 Å². The highest BCUT2D eigenvalue weighted by Crippen LogP contribution is 2.22. The van der Waals surface area contributed by atoms with Crippen molar-refractivity contribution in [3.05, 3.63) is 101 Å². The molecule has 0 fully saturated rings. The second-order valence-corrected chi connectivity index (χ2v) is 6.33. The summed E-state index contributed by atoms with van der Waals surface area (Å²) in [6, 6.07) is 20.9. The van der Waals surface area contributed by atoms with Crippen LogP contribution in [0.1, 0.15) is 27.6 Å². The lowest BCUT2D eigenvalue weighted by Crippen LogP contribution is -2.26. The number of methoxy groups -OCH3 is 1. The Hall–Kier alpha value is -3.51. The maximum atomic E-state index is 13.1. The predicted molar refractivity (Wildman–Crippen MR) is 107 cm³/mol. The summed E-state index contributed by atoms with van der Waals surface area (Å²) in [5, 5.41) is 2.65. The summed E-state index contributed by atoms with van der Waals surface area (Å²) < 4.78 is 23.7. The number of hydrogen-bond acceptors (Lipinski definition) is 4. The van der Waals surface area contributed by atoms with Crippen LogP contribution in [-0.2, 0) is 20.9 Å². The zero-order chi connectivity index (χ0) is 20.6. The fourth-order valence-corrected chi connectivity index (χ4v) is 2.77. The van der Waals surface area contributed by atoms with Crippen LogP contribution < -0.4 is 5.32 Å². The lowest BCUT2D eigenvalue weighted by Gasteiger charge is -2.18. The van der Waals surface area contributed by atoms with Gasteiger partial charge in [0, 0.05) is 18.4 Å². The largest absolute Gasteiger partial charge is 0.444 e. The molecular formula is C23H20FNO4. The van der Waals surface area contributed by atoms with Crippen molar-refractivity contribution < 1.29 is 23.5 Å². The number of anilines is 1. The third-order valence-corrected chi connectivity index (χ3v) is 4.15. The Morgan fingerprint density at radius 2 is 1.69 bits per heavy atom. The van der Waals surface area contributed by atoms with E-state index in [0.717, 1.165) is 5.56 Å². The van der Waals surface area contributed by atoms with Crippen LogP contribution in [0.3, 0.4) is 0 Å². The number of carbonyl (C=O) groups excluding carboxylic acids is 2. The Morgan fingerprint density at radius 3 is 2.38 bits per heavy atom. The van der Waals surface area contributed by atoms with Crippen molar-refractivity contribution in [2.75, 3.05) is 12.4 Å². The highest BCUT2D eigenvalue weighted by molar-refractivity contribution is 5.98. The Bertz CT molecular complexity index is 974. The third kappa shape index (κ3) is 5.49. The molecule has 3 aromatic carbocycles. The number of carbonyl (C=O) groups is 2. The molecule has 29 heavy (non-hydrogen) atoms. The minimum Gasteiger partial charge on any atom is -0.444 e. The Labute approximate surface area is 168 Å². The van der Waals surface area contributed by atoms with Gasteiger partial charge in [0.1, 0.15) is 5.82 Å². The highest BCUT2D eigenvalue weighted by Gasteiger charge is 2.26. The Kier molecular flexibility index (Phi) is 6.71. The SMILES string of the molecule is COCc1cccc(C(=O)OC(C(=O)Nc2ccc(F)cc2)c2ccccc2)c1. The number of benzene rings is 3. The number of ether oxygens (including phenoxy) is 2. The van der Waals surface area contributed by atoms with Crippen molar-refractivity contribution >= 4 is 17.6 Å². The molecular weight excluding hydrogens is 373 g/mol. The molecule has 0 saturated carbocycles. The molecule has 0 aliphatic rings. The van der Waals surface area contributed by atoms with Crippen LogP contribution in [-0.4, -0.2) is 19.0 Å². The van der Waals surface area contributed by atoms with Gasteiger partial charge in [-0.05, 0) is 42.0 Å². The van der Waals surface area contributed by atoms with Gasteiger partial charge in [0.15, 0.2) is 0 Å². The monoisotopic (exact) mass is 393 g/mol. The first-order valence-electron chi connectivity index (χ1n) is 8.97. The van der Waals surface area contributed by atoms with Crippen LogP contribution in [0, 0.1) is 5.82 Å². The highest BCUT2D eigenvalue weighted by atomic mass is 19.1. The standard InChI is InChI=1S/C23H20FNO4/c1-28-15-16-6-5-9-18(14-16)23(27)29-21(17-7-3-2-4-8-17)22(26)25-20-12-10-19(24)11-13-20/h2-14,21H,15H2,1H3,(H,25,26). The normalized spacial score (nSPS) is 11.5. The molecule has 0 aliphatic carbocycles. The van der Waals surface area contributed by atoms with Gasteiger partial charge < -0.3 is 14.8 Å².